The fourth-order valence-electron chi connectivity index (χ4n) is 2.59. The Bertz CT molecular complexity index is 540. The highest BCUT2D eigenvalue weighted by molar-refractivity contribution is 7.86. The van der Waals surface area contributed by atoms with Crippen molar-refractivity contribution in [2.45, 2.75) is 77.1 Å². The van der Waals surface area contributed by atoms with Crippen molar-refractivity contribution < 1.29 is 17.7 Å². The Morgan fingerprint density at radius 1 is 1.00 bits per heavy atom. The van der Waals surface area contributed by atoms with Gasteiger partial charge in [0, 0.05) is 0 Å². The van der Waals surface area contributed by atoms with E-state index in [4.69, 9.17) is 4.74 Å². The number of aryl methyl sites for hydroxylation is 1. The molecule has 0 aliphatic rings. The monoisotopic (exact) mass is 342 g/mol. The average Bonchev–Trinajstić information content (AvgIpc) is 2.51. The third-order valence-electron chi connectivity index (χ3n) is 3.95. The molecule has 0 spiro atoms. The fourth-order valence-corrected chi connectivity index (χ4v) is 3.24. The van der Waals surface area contributed by atoms with Gasteiger partial charge in [-0.1, -0.05) is 70.6 Å². The van der Waals surface area contributed by atoms with Gasteiger partial charge in [-0.3, -0.25) is 4.55 Å². The van der Waals surface area contributed by atoms with Crippen LogP contribution in [0.4, 0.5) is 0 Å². The van der Waals surface area contributed by atoms with E-state index in [1.54, 1.807) is 13.0 Å². The highest BCUT2D eigenvalue weighted by Crippen LogP contribution is 2.24. The van der Waals surface area contributed by atoms with Crippen molar-refractivity contribution in [3.63, 3.8) is 0 Å². The lowest BCUT2D eigenvalue weighted by Gasteiger charge is -2.17. The summed E-state index contributed by atoms with van der Waals surface area (Å²) in [6, 6.07) is 7.48. The molecule has 0 radical (unpaired) electrons. The molecule has 132 valence electrons. The third kappa shape index (κ3) is 7.84. The number of hydrogen-bond acceptors (Lipinski definition) is 3. The molecule has 4 nitrogen and oxygen atoms in total. The van der Waals surface area contributed by atoms with Crippen LogP contribution in [0.2, 0.25) is 0 Å². The summed E-state index contributed by atoms with van der Waals surface area (Å²) < 4.78 is 37.3. The third-order valence-corrected chi connectivity index (χ3v) is 5.04. The number of ether oxygens (including phenoxy) is 1. The zero-order valence-electron chi connectivity index (χ0n) is 14.3. The standard InChI is InChI=1S/C18H30O4S/c1-3-5-6-7-8-9-10-13-16-14-11-12-15-17(16)22-18(4-2)23(19,20)21/h11-12,14-15,18H,3-10,13H2,1-2H3,(H,19,20,21). The van der Waals surface area contributed by atoms with Gasteiger partial charge < -0.3 is 4.74 Å². The Hall–Kier alpha value is -1.07. The molecule has 0 aliphatic heterocycles. The van der Waals surface area contributed by atoms with Crippen molar-refractivity contribution in [3.8, 4) is 5.75 Å². The van der Waals surface area contributed by atoms with Crippen LogP contribution < -0.4 is 4.74 Å². The van der Waals surface area contributed by atoms with Crippen LogP contribution in [-0.4, -0.2) is 18.4 Å². The van der Waals surface area contributed by atoms with Crippen molar-refractivity contribution in [1.29, 1.82) is 0 Å². The normalized spacial score (nSPS) is 13.0. The van der Waals surface area contributed by atoms with Crippen molar-refractivity contribution in [1.82, 2.24) is 0 Å². The van der Waals surface area contributed by atoms with E-state index in [1.807, 2.05) is 18.2 Å². The van der Waals surface area contributed by atoms with Crippen LogP contribution in [0.5, 0.6) is 5.75 Å². The molecule has 1 unspecified atom stereocenters. The van der Waals surface area contributed by atoms with Gasteiger partial charge in [0.15, 0.2) is 0 Å². The summed E-state index contributed by atoms with van der Waals surface area (Å²) in [4.78, 5) is 0. The molecule has 1 rings (SSSR count). The van der Waals surface area contributed by atoms with Gasteiger partial charge in [-0.15, -0.1) is 0 Å². The van der Waals surface area contributed by atoms with Crippen molar-refractivity contribution in [3.05, 3.63) is 29.8 Å². The van der Waals surface area contributed by atoms with Crippen LogP contribution in [0.25, 0.3) is 0 Å². The minimum absolute atomic E-state index is 0.213. The first-order valence-electron chi connectivity index (χ1n) is 8.69. The maximum atomic E-state index is 11.3. The molecule has 0 amide bonds. The van der Waals surface area contributed by atoms with E-state index in [9.17, 15) is 13.0 Å². The molecule has 0 saturated carbocycles. The Morgan fingerprint density at radius 3 is 2.22 bits per heavy atom. The van der Waals surface area contributed by atoms with Gasteiger partial charge in [0.25, 0.3) is 0 Å². The van der Waals surface area contributed by atoms with Crippen LogP contribution in [0, 0.1) is 0 Å². The van der Waals surface area contributed by atoms with E-state index >= 15 is 0 Å². The molecule has 1 N–H and O–H groups in total. The van der Waals surface area contributed by atoms with Crippen molar-refractivity contribution in [2.75, 3.05) is 0 Å². The summed E-state index contributed by atoms with van der Waals surface area (Å²) in [5.41, 5.74) is -0.194. The lowest BCUT2D eigenvalue weighted by Crippen LogP contribution is -2.26. The van der Waals surface area contributed by atoms with Gasteiger partial charge in [-0.25, -0.2) is 0 Å². The van der Waals surface area contributed by atoms with E-state index in [1.165, 1.54) is 38.5 Å². The maximum Gasteiger partial charge on any atom is 0.303 e. The Kier molecular flexibility index (Phi) is 9.26. The zero-order chi connectivity index (χ0) is 17.1. The highest BCUT2D eigenvalue weighted by Gasteiger charge is 2.23. The Labute approximate surface area is 141 Å². The quantitative estimate of drug-likeness (QED) is 0.430. The first kappa shape index (κ1) is 20.0. The van der Waals surface area contributed by atoms with Gasteiger partial charge in [0.2, 0.25) is 5.44 Å². The molecular weight excluding hydrogens is 312 g/mol. The number of para-hydroxylation sites is 1. The summed E-state index contributed by atoms with van der Waals surface area (Å²) in [5, 5.41) is 0. The highest BCUT2D eigenvalue weighted by atomic mass is 32.2. The lowest BCUT2D eigenvalue weighted by atomic mass is 10.0. The minimum atomic E-state index is -4.19. The van der Waals surface area contributed by atoms with E-state index in [2.05, 4.69) is 6.92 Å². The molecule has 1 aromatic rings. The minimum Gasteiger partial charge on any atom is -0.472 e. The molecule has 0 bridgehead atoms. The summed E-state index contributed by atoms with van der Waals surface area (Å²) in [6.45, 7) is 3.89. The zero-order valence-corrected chi connectivity index (χ0v) is 15.1. The van der Waals surface area contributed by atoms with Crippen molar-refractivity contribution in [2.24, 2.45) is 0 Å². The number of benzene rings is 1. The molecule has 23 heavy (non-hydrogen) atoms. The smallest absolute Gasteiger partial charge is 0.303 e. The van der Waals surface area contributed by atoms with E-state index < -0.39 is 15.6 Å². The van der Waals surface area contributed by atoms with Crippen LogP contribution in [0.15, 0.2) is 24.3 Å². The second-order valence-electron chi connectivity index (χ2n) is 5.95. The first-order valence-corrected chi connectivity index (χ1v) is 10.2. The van der Waals surface area contributed by atoms with E-state index in [-0.39, 0.29) is 6.42 Å². The van der Waals surface area contributed by atoms with Crippen LogP contribution in [0.1, 0.15) is 70.8 Å². The molecule has 5 heteroatoms. The Balaban J connectivity index is 2.50. The maximum absolute atomic E-state index is 11.3. The van der Waals surface area contributed by atoms with E-state index in [0.29, 0.717) is 5.75 Å². The van der Waals surface area contributed by atoms with Gasteiger partial charge in [0.05, 0.1) is 0 Å². The molecule has 0 fully saturated rings. The molecule has 1 aromatic carbocycles. The summed E-state index contributed by atoms with van der Waals surface area (Å²) in [7, 11) is -4.19. The van der Waals surface area contributed by atoms with Gasteiger partial charge in [0.1, 0.15) is 5.75 Å². The van der Waals surface area contributed by atoms with Gasteiger partial charge in [-0.2, -0.15) is 8.42 Å². The summed E-state index contributed by atoms with van der Waals surface area (Å²) >= 11 is 0. The van der Waals surface area contributed by atoms with Crippen molar-refractivity contribution >= 4 is 10.1 Å². The molecular formula is C18H30O4S. The predicted octanol–water partition coefficient (Wildman–Crippen LogP) is 4.98. The molecule has 0 aliphatic carbocycles. The molecule has 0 aromatic heterocycles. The van der Waals surface area contributed by atoms with Gasteiger partial charge in [-0.05, 0) is 30.9 Å². The summed E-state index contributed by atoms with van der Waals surface area (Å²) in [5.74, 6) is 0.558. The largest absolute Gasteiger partial charge is 0.472 e. The number of unbranched alkanes of at least 4 members (excludes halogenated alkanes) is 6. The van der Waals surface area contributed by atoms with Crippen LogP contribution >= 0.6 is 0 Å². The fraction of sp³-hybridized carbons (Fsp3) is 0.667. The Morgan fingerprint density at radius 2 is 1.61 bits per heavy atom. The second-order valence-corrected chi connectivity index (χ2v) is 7.51. The topological polar surface area (TPSA) is 63.6 Å². The average molecular weight is 343 g/mol. The second kappa shape index (κ2) is 10.7. The number of hydrogen-bond donors (Lipinski definition) is 1. The molecule has 0 saturated heterocycles. The van der Waals surface area contributed by atoms with Gasteiger partial charge >= 0.3 is 10.1 Å². The summed E-state index contributed by atoms with van der Waals surface area (Å²) in [6.07, 6.45) is 9.72. The predicted molar refractivity (Wildman–Crippen MR) is 94.4 cm³/mol. The molecule has 0 heterocycles. The van der Waals surface area contributed by atoms with Crippen LogP contribution in [-0.2, 0) is 16.5 Å². The first-order chi connectivity index (χ1) is 11.0. The number of rotatable bonds is 12. The molecule has 1 atom stereocenters. The lowest BCUT2D eigenvalue weighted by molar-refractivity contribution is 0.250. The van der Waals surface area contributed by atoms with E-state index in [0.717, 1.165) is 18.4 Å². The SMILES string of the molecule is CCCCCCCCCc1ccccc1OC(CC)S(=O)(=O)O. The van der Waals surface area contributed by atoms with Crippen LogP contribution in [0.3, 0.4) is 0 Å².